The fourth-order valence-corrected chi connectivity index (χ4v) is 2.82. The highest BCUT2D eigenvalue weighted by Crippen LogP contribution is 2.16. The van der Waals surface area contributed by atoms with E-state index >= 15 is 0 Å². The maximum Gasteiger partial charge on any atom is 0.252 e. The number of rotatable bonds is 4. The molecule has 1 fully saturated rings. The van der Waals surface area contributed by atoms with Gasteiger partial charge in [0.2, 0.25) is 0 Å². The van der Waals surface area contributed by atoms with E-state index in [2.05, 4.69) is 44.5 Å². The number of aromatic amines is 1. The van der Waals surface area contributed by atoms with E-state index < -0.39 is 0 Å². The standard InChI is InChI=1S/C16H20N4O/c21-16-9-15(17-12-18-16)19-14-7-4-8-20(11-14)10-13-5-2-1-3-6-13/h1-3,5-6,9,12,14H,4,7-8,10-11H2,(H2,17,18,19,21). The van der Waals surface area contributed by atoms with Crippen LogP contribution >= 0.6 is 0 Å². The Morgan fingerprint density at radius 2 is 2.19 bits per heavy atom. The Bertz CT molecular complexity index is 625. The summed E-state index contributed by atoms with van der Waals surface area (Å²) in [5, 5.41) is 3.36. The average Bonchev–Trinajstić information content (AvgIpc) is 2.49. The number of hydrogen-bond acceptors (Lipinski definition) is 4. The summed E-state index contributed by atoms with van der Waals surface area (Å²) in [6.07, 6.45) is 3.71. The highest BCUT2D eigenvalue weighted by molar-refractivity contribution is 5.33. The van der Waals surface area contributed by atoms with Gasteiger partial charge in [-0.15, -0.1) is 0 Å². The molecule has 1 saturated heterocycles. The van der Waals surface area contributed by atoms with Crippen molar-refractivity contribution in [1.29, 1.82) is 0 Å². The van der Waals surface area contributed by atoms with E-state index in [0.717, 1.165) is 32.5 Å². The molecule has 1 aromatic heterocycles. The van der Waals surface area contributed by atoms with E-state index in [1.165, 1.54) is 18.0 Å². The van der Waals surface area contributed by atoms with Crippen LogP contribution in [-0.4, -0.2) is 34.0 Å². The van der Waals surface area contributed by atoms with E-state index in [1.807, 2.05) is 6.07 Å². The average molecular weight is 284 g/mol. The lowest BCUT2D eigenvalue weighted by Crippen LogP contribution is -2.41. The first-order valence-electron chi connectivity index (χ1n) is 7.37. The molecule has 1 aromatic carbocycles. The second-order valence-electron chi connectivity index (χ2n) is 5.50. The molecular formula is C16H20N4O. The molecule has 2 heterocycles. The molecule has 2 N–H and O–H groups in total. The lowest BCUT2D eigenvalue weighted by Gasteiger charge is -2.33. The van der Waals surface area contributed by atoms with E-state index in [4.69, 9.17) is 0 Å². The van der Waals surface area contributed by atoms with Crippen molar-refractivity contribution in [3.8, 4) is 0 Å². The van der Waals surface area contributed by atoms with Gasteiger partial charge in [0.1, 0.15) is 5.82 Å². The molecule has 0 saturated carbocycles. The van der Waals surface area contributed by atoms with Crippen LogP contribution in [0.25, 0.3) is 0 Å². The number of aromatic nitrogens is 2. The molecule has 0 bridgehead atoms. The normalized spacial score (nSPS) is 19.3. The number of benzene rings is 1. The van der Waals surface area contributed by atoms with Crippen molar-refractivity contribution in [3.05, 3.63) is 58.6 Å². The van der Waals surface area contributed by atoms with Gasteiger partial charge in [-0.2, -0.15) is 0 Å². The molecule has 1 unspecified atom stereocenters. The number of piperidine rings is 1. The third-order valence-corrected chi connectivity index (χ3v) is 3.78. The first-order valence-corrected chi connectivity index (χ1v) is 7.37. The smallest absolute Gasteiger partial charge is 0.252 e. The summed E-state index contributed by atoms with van der Waals surface area (Å²) in [5.74, 6) is 0.658. The summed E-state index contributed by atoms with van der Waals surface area (Å²) in [7, 11) is 0. The Balaban J connectivity index is 1.59. The van der Waals surface area contributed by atoms with E-state index in [9.17, 15) is 4.79 Å². The Morgan fingerprint density at radius 1 is 1.33 bits per heavy atom. The van der Waals surface area contributed by atoms with E-state index in [0.29, 0.717) is 11.9 Å². The summed E-state index contributed by atoms with van der Waals surface area (Å²) >= 11 is 0. The maximum atomic E-state index is 11.3. The van der Waals surface area contributed by atoms with Crippen LogP contribution in [0.3, 0.4) is 0 Å². The Hall–Kier alpha value is -2.14. The molecule has 0 spiro atoms. The minimum Gasteiger partial charge on any atom is -0.366 e. The van der Waals surface area contributed by atoms with Crippen molar-refractivity contribution < 1.29 is 0 Å². The van der Waals surface area contributed by atoms with Crippen molar-refractivity contribution in [3.63, 3.8) is 0 Å². The topological polar surface area (TPSA) is 61.0 Å². The van der Waals surface area contributed by atoms with Gasteiger partial charge >= 0.3 is 0 Å². The highest BCUT2D eigenvalue weighted by atomic mass is 16.1. The predicted molar refractivity (Wildman–Crippen MR) is 83.2 cm³/mol. The van der Waals surface area contributed by atoms with Crippen LogP contribution in [0.15, 0.2) is 47.5 Å². The lowest BCUT2D eigenvalue weighted by molar-refractivity contribution is 0.208. The lowest BCUT2D eigenvalue weighted by atomic mass is 10.0. The first-order chi connectivity index (χ1) is 10.3. The second kappa shape index (κ2) is 6.54. The Morgan fingerprint density at radius 3 is 3.00 bits per heavy atom. The SMILES string of the molecule is O=c1cc(NC2CCCN(Cc3ccccc3)C2)nc[nH]1. The molecule has 1 atom stereocenters. The molecule has 2 aromatic rings. The largest absolute Gasteiger partial charge is 0.366 e. The number of likely N-dealkylation sites (tertiary alicyclic amines) is 1. The quantitative estimate of drug-likeness (QED) is 0.899. The summed E-state index contributed by atoms with van der Waals surface area (Å²) in [6.45, 7) is 3.07. The number of hydrogen-bond donors (Lipinski definition) is 2. The van der Waals surface area contributed by atoms with Gasteiger partial charge in [0.25, 0.3) is 5.56 Å². The van der Waals surface area contributed by atoms with Gasteiger partial charge in [0.05, 0.1) is 6.33 Å². The second-order valence-corrected chi connectivity index (χ2v) is 5.50. The molecule has 5 nitrogen and oxygen atoms in total. The van der Waals surface area contributed by atoms with Crippen LogP contribution in [0, 0.1) is 0 Å². The molecule has 1 aliphatic heterocycles. The molecule has 110 valence electrons. The fourth-order valence-electron chi connectivity index (χ4n) is 2.82. The molecule has 0 radical (unpaired) electrons. The predicted octanol–water partition coefficient (Wildman–Crippen LogP) is 1.85. The third kappa shape index (κ3) is 3.92. The van der Waals surface area contributed by atoms with Gasteiger partial charge in [-0.3, -0.25) is 9.69 Å². The minimum atomic E-state index is -0.121. The fraction of sp³-hybridized carbons (Fsp3) is 0.375. The van der Waals surface area contributed by atoms with Gasteiger partial charge in [0, 0.05) is 25.2 Å². The minimum absolute atomic E-state index is 0.121. The van der Waals surface area contributed by atoms with Crippen molar-refractivity contribution in [2.75, 3.05) is 18.4 Å². The third-order valence-electron chi connectivity index (χ3n) is 3.78. The van der Waals surface area contributed by atoms with Gasteiger partial charge in [-0.05, 0) is 24.9 Å². The Kier molecular flexibility index (Phi) is 4.31. The summed E-state index contributed by atoms with van der Waals surface area (Å²) in [6, 6.07) is 12.4. The van der Waals surface area contributed by atoms with Crippen LogP contribution in [0.4, 0.5) is 5.82 Å². The molecule has 21 heavy (non-hydrogen) atoms. The van der Waals surface area contributed by atoms with Crippen LogP contribution in [0.1, 0.15) is 18.4 Å². The van der Waals surface area contributed by atoms with E-state index in [-0.39, 0.29) is 5.56 Å². The van der Waals surface area contributed by atoms with Crippen LogP contribution in [0.5, 0.6) is 0 Å². The monoisotopic (exact) mass is 284 g/mol. The number of nitrogens with one attached hydrogen (secondary N) is 2. The Labute approximate surface area is 124 Å². The van der Waals surface area contributed by atoms with Crippen molar-refractivity contribution >= 4 is 5.82 Å². The molecule has 1 aliphatic rings. The van der Waals surface area contributed by atoms with Crippen LogP contribution < -0.4 is 10.9 Å². The van der Waals surface area contributed by atoms with Gasteiger partial charge in [0.15, 0.2) is 0 Å². The molecule has 5 heteroatoms. The zero-order valence-electron chi connectivity index (χ0n) is 12.0. The van der Waals surface area contributed by atoms with Gasteiger partial charge in [-0.1, -0.05) is 30.3 Å². The van der Waals surface area contributed by atoms with Gasteiger partial charge in [-0.25, -0.2) is 4.98 Å². The molecule has 3 rings (SSSR count). The van der Waals surface area contributed by atoms with E-state index in [1.54, 1.807) is 0 Å². The zero-order valence-corrected chi connectivity index (χ0v) is 12.0. The number of H-pyrrole nitrogens is 1. The molecule has 0 aliphatic carbocycles. The summed E-state index contributed by atoms with van der Waals surface area (Å²) in [4.78, 5) is 20.4. The number of anilines is 1. The van der Waals surface area contributed by atoms with Crippen molar-refractivity contribution in [2.24, 2.45) is 0 Å². The molecular weight excluding hydrogens is 264 g/mol. The number of nitrogens with zero attached hydrogens (tertiary/aromatic N) is 2. The first kappa shape index (κ1) is 13.8. The van der Waals surface area contributed by atoms with Crippen molar-refractivity contribution in [2.45, 2.75) is 25.4 Å². The summed E-state index contributed by atoms with van der Waals surface area (Å²) < 4.78 is 0. The maximum absolute atomic E-state index is 11.3. The van der Waals surface area contributed by atoms with Crippen LogP contribution in [-0.2, 0) is 6.54 Å². The zero-order chi connectivity index (χ0) is 14.5. The van der Waals surface area contributed by atoms with Gasteiger partial charge < -0.3 is 10.3 Å². The molecule has 0 amide bonds. The summed E-state index contributed by atoms with van der Waals surface area (Å²) in [5.41, 5.74) is 1.22. The highest BCUT2D eigenvalue weighted by Gasteiger charge is 2.20. The van der Waals surface area contributed by atoms with Crippen molar-refractivity contribution in [1.82, 2.24) is 14.9 Å². The van der Waals surface area contributed by atoms with Crippen LogP contribution in [0.2, 0.25) is 0 Å².